The van der Waals surface area contributed by atoms with Gasteiger partial charge >= 0.3 is 5.69 Å². The number of aromatic nitrogens is 6. The minimum Gasteiger partial charge on any atom is -0.491 e. The standard InChI is InChI=1S/C35H38F2N8O4.CH4O3S/c1-3-25(2)45-34(46)44(24-40-45)29-7-5-27(6-8-29)41-14-16-42(17-15-41)28-9-11-30(12-10-28)47-19-31-20-48-35(49-31,21-43-23-38-22-39-43)32-13-4-26(36)18-33(32)37;1-5(2,3)4/h4-13,18,22-25,31H,3,14-17,19-21H2,1-2H3;1H3,(H,2,3,4)/t25-,31-,35-;/m0./s1. The van der Waals surface area contributed by atoms with E-state index in [4.69, 9.17) is 18.8 Å². The van der Waals surface area contributed by atoms with Gasteiger partial charge in [-0.15, -0.1) is 0 Å². The topological polar surface area (TPSA) is 159 Å². The second-order valence-corrected chi connectivity index (χ2v) is 14.5. The summed E-state index contributed by atoms with van der Waals surface area (Å²) in [5.74, 6) is -2.30. The molecule has 5 aromatic rings. The molecule has 0 amide bonds. The van der Waals surface area contributed by atoms with Crippen molar-refractivity contribution in [2.24, 2.45) is 0 Å². The Hall–Kier alpha value is -5.17. The lowest BCUT2D eigenvalue weighted by molar-refractivity contribution is -0.192. The Morgan fingerprint density at radius 2 is 1.56 bits per heavy atom. The van der Waals surface area contributed by atoms with Crippen LogP contribution in [0.15, 0.2) is 90.5 Å². The average molecular weight is 769 g/mol. The van der Waals surface area contributed by atoms with E-state index in [0.29, 0.717) is 12.0 Å². The van der Waals surface area contributed by atoms with Gasteiger partial charge in [-0.2, -0.15) is 18.6 Å². The van der Waals surface area contributed by atoms with Crippen LogP contribution in [0, 0.1) is 11.6 Å². The predicted molar refractivity (Wildman–Crippen MR) is 196 cm³/mol. The van der Waals surface area contributed by atoms with E-state index in [1.807, 2.05) is 50.2 Å². The van der Waals surface area contributed by atoms with E-state index in [1.165, 1.54) is 34.2 Å². The van der Waals surface area contributed by atoms with Crippen molar-refractivity contribution in [1.82, 2.24) is 29.1 Å². The predicted octanol–water partition coefficient (Wildman–Crippen LogP) is 4.05. The Morgan fingerprint density at radius 3 is 2.13 bits per heavy atom. The molecule has 0 unspecified atom stereocenters. The molecular formula is C36H42F2N8O7S. The molecular weight excluding hydrogens is 727 g/mol. The van der Waals surface area contributed by atoms with Gasteiger partial charge in [0, 0.05) is 49.2 Å². The lowest BCUT2D eigenvalue weighted by Gasteiger charge is -2.37. The molecule has 4 heterocycles. The van der Waals surface area contributed by atoms with Gasteiger partial charge in [0.2, 0.25) is 5.79 Å². The first-order chi connectivity index (χ1) is 25.8. The smallest absolute Gasteiger partial charge is 0.350 e. The van der Waals surface area contributed by atoms with Crippen LogP contribution in [-0.4, -0.2) is 93.8 Å². The first-order valence-corrected chi connectivity index (χ1v) is 19.2. The van der Waals surface area contributed by atoms with Crippen LogP contribution in [0.4, 0.5) is 20.2 Å². The number of ether oxygens (including phenoxy) is 3. The number of piperazine rings is 1. The molecule has 0 spiro atoms. The highest BCUT2D eigenvalue weighted by molar-refractivity contribution is 7.85. The van der Waals surface area contributed by atoms with Gasteiger partial charge in [0.25, 0.3) is 10.1 Å². The van der Waals surface area contributed by atoms with Crippen LogP contribution in [0.5, 0.6) is 5.75 Å². The number of rotatable bonds is 11. The van der Waals surface area contributed by atoms with Crippen molar-refractivity contribution in [3.8, 4) is 11.4 Å². The normalized spacial score (nSPS) is 19.3. The molecule has 0 saturated carbocycles. The maximum absolute atomic E-state index is 14.9. The zero-order valence-corrected chi connectivity index (χ0v) is 30.8. The van der Waals surface area contributed by atoms with Gasteiger partial charge in [0.15, 0.2) is 0 Å². The fourth-order valence-corrected chi connectivity index (χ4v) is 6.24. The Balaban J connectivity index is 0.000000934. The molecule has 3 aromatic carbocycles. The molecule has 1 N–H and O–H groups in total. The fourth-order valence-electron chi connectivity index (χ4n) is 6.24. The van der Waals surface area contributed by atoms with Crippen LogP contribution in [0.3, 0.4) is 0 Å². The van der Waals surface area contributed by atoms with Gasteiger partial charge < -0.3 is 24.0 Å². The van der Waals surface area contributed by atoms with Crippen LogP contribution in [0.25, 0.3) is 5.69 Å². The molecule has 3 atom stereocenters. The number of nitrogens with zero attached hydrogens (tertiary/aromatic N) is 8. The SMILES string of the molecule is CC[C@H](C)n1ncn(-c2ccc(N3CCN(c4ccc(OC[C@H]5CO[C@](Cn6cncn6)(c6ccc(F)cc6F)O5)cc4)CC3)cc2)c1=O.CS(=O)(=O)O. The van der Waals surface area contributed by atoms with Crippen molar-refractivity contribution in [3.63, 3.8) is 0 Å². The Morgan fingerprint density at radius 1 is 0.944 bits per heavy atom. The molecule has 18 heteroatoms. The Labute approximate surface area is 311 Å². The number of benzene rings is 3. The zero-order chi connectivity index (χ0) is 38.5. The Kier molecular flexibility index (Phi) is 11.8. The molecule has 54 heavy (non-hydrogen) atoms. The summed E-state index contributed by atoms with van der Waals surface area (Å²) in [4.78, 5) is 21.4. The van der Waals surface area contributed by atoms with E-state index in [0.717, 1.165) is 55.7 Å². The molecule has 0 radical (unpaired) electrons. The molecule has 0 aliphatic carbocycles. The molecule has 2 fully saturated rings. The van der Waals surface area contributed by atoms with E-state index in [9.17, 15) is 22.0 Å². The third-order valence-corrected chi connectivity index (χ3v) is 9.15. The van der Waals surface area contributed by atoms with Crippen LogP contribution >= 0.6 is 0 Å². The van der Waals surface area contributed by atoms with Gasteiger partial charge in [-0.3, -0.25) is 4.55 Å². The quantitative estimate of drug-likeness (QED) is 0.193. The van der Waals surface area contributed by atoms with Gasteiger partial charge in [0.05, 0.1) is 24.6 Å². The molecule has 2 aliphatic heterocycles. The van der Waals surface area contributed by atoms with Crippen molar-refractivity contribution in [3.05, 3.63) is 113 Å². The highest BCUT2D eigenvalue weighted by Crippen LogP contribution is 2.38. The molecule has 2 saturated heterocycles. The highest BCUT2D eigenvalue weighted by Gasteiger charge is 2.46. The number of hydrogen-bond acceptors (Lipinski definition) is 11. The first kappa shape index (κ1) is 38.6. The molecule has 7 rings (SSSR count). The summed E-state index contributed by atoms with van der Waals surface area (Å²) < 4.78 is 77.3. The van der Waals surface area contributed by atoms with Gasteiger partial charge in [-0.25, -0.2) is 32.5 Å². The van der Waals surface area contributed by atoms with Gasteiger partial charge in [-0.1, -0.05) is 6.92 Å². The number of anilines is 2. The summed E-state index contributed by atoms with van der Waals surface area (Å²) in [5.41, 5.74) is 2.95. The maximum Gasteiger partial charge on any atom is 0.350 e. The van der Waals surface area contributed by atoms with E-state index in [2.05, 4.69) is 37.1 Å². The summed E-state index contributed by atoms with van der Waals surface area (Å²) in [6, 6.07) is 19.3. The second-order valence-electron chi connectivity index (χ2n) is 13.0. The lowest BCUT2D eigenvalue weighted by Crippen LogP contribution is -2.46. The van der Waals surface area contributed by atoms with Gasteiger partial charge in [-0.05, 0) is 74.0 Å². The summed E-state index contributed by atoms with van der Waals surface area (Å²) in [5, 5.41) is 8.39. The average Bonchev–Trinajstić information content (AvgIpc) is 3.91. The zero-order valence-electron chi connectivity index (χ0n) is 30.0. The highest BCUT2D eigenvalue weighted by atomic mass is 32.2. The number of halogens is 2. The molecule has 288 valence electrons. The summed E-state index contributed by atoms with van der Waals surface area (Å²) in [6.07, 6.45) is 5.48. The third kappa shape index (κ3) is 9.30. The maximum atomic E-state index is 14.9. The summed E-state index contributed by atoms with van der Waals surface area (Å²) in [6.45, 7) is 7.80. The lowest BCUT2D eigenvalue weighted by atomic mass is 10.0. The summed E-state index contributed by atoms with van der Waals surface area (Å²) in [7, 11) is -3.67. The molecule has 2 aliphatic rings. The molecule has 15 nitrogen and oxygen atoms in total. The first-order valence-electron chi connectivity index (χ1n) is 17.3. The van der Waals surface area contributed by atoms with E-state index in [1.54, 1.807) is 10.9 Å². The molecule has 0 bridgehead atoms. The molecule has 2 aromatic heterocycles. The van der Waals surface area contributed by atoms with E-state index >= 15 is 0 Å². The fraction of sp³-hybridized carbons (Fsp3) is 0.389. The van der Waals surface area contributed by atoms with E-state index in [-0.39, 0.29) is 37.1 Å². The van der Waals surface area contributed by atoms with E-state index < -0.39 is 33.6 Å². The van der Waals surface area contributed by atoms with Crippen LogP contribution in [-0.2, 0) is 31.9 Å². The van der Waals surface area contributed by atoms with Crippen molar-refractivity contribution < 1.29 is 36.0 Å². The van der Waals surface area contributed by atoms with Crippen LogP contribution in [0.1, 0.15) is 31.9 Å². The van der Waals surface area contributed by atoms with Crippen molar-refractivity contribution in [2.75, 3.05) is 55.4 Å². The van der Waals surface area contributed by atoms with Crippen LogP contribution in [0.2, 0.25) is 0 Å². The largest absolute Gasteiger partial charge is 0.491 e. The number of hydrogen-bond donors (Lipinski definition) is 1. The minimum atomic E-state index is -3.67. The monoisotopic (exact) mass is 768 g/mol. The Bertz CT molecular complexity index is 2150. The van der Waals surface area contributed by atoms with Gasteiger partial charge in [0.1, 0.15) is 55.6 Å². The van der Waals surface area contributed by atoms with Crippen molar-refractivity contribution in [1.29, 1.82) is 0 Å². The minimum absolute atomic E-state index is 0.0334. The second kappa shape index (κ2) is 16.5. The third-order valence-electron chi connectivity index (χ3n) is 9.15. The van der Waals surface area contributed by atoms with Crippen LogP contribution < -0.4 is 20.2 Å². The van der Waals surface area contributed by atoms with Crippen molar-refractivity contribution >= 4 is 21.5 Å². The van der Waals surface area contributed by atoms with Crippen molar-refractivity contribution in [2.45, 2.75) is 44.7 Å². The summed E-state index contributed by atoms with van der Waals surface area (Å²) >= 11 is 0.